The number of carbonyl (C=O) groups is 1. The van der Waals surface area contributed by atoms with E-state index in [9.17, 15) is 4.79 Å². The Morgan fingerprint density at radius 1 is 1.80 bits per heavy atom. The summed E-state index contributed by atoms with van der Waals surface area (Å²) in [6.45, 7) is 2.08. The summed E-state index contributed by atoms with van der Waals surface area (Å²) in [5, 5.41) is 10.8. The maximum atomic E-state index is 10.8. The third kappa shape index (κ3) is 3.42. The molecule has 0 aromatic carbocycles. The van der Waals surface area contributed by atoms with E-state index >= 15 is 0 Å². The van der Waals surface area contributed by atoms with Gasteiger partial charge in [0.1, 0.15) is 0 Å². The van der Waals surface area contributed by atoms with Crippen LogP contribution in [0.5, 0.6) is 0 Å². The van der Waals surface area contributed by atoms with E-state index in [0.717, 1.165) is 0 Å². The van der Waals surface area contributed by atoms with Gasteiger partial charge >= 0.3 is 0 Å². The molecule has 0 spiro atoms. The van der Waals surface area contributed by atoms with Gasteiger partial charge in [-0.15, -0.1) is 0 Å². The van der Waals surface area contributed by atoms with E-state index in [2.05, 4.69) is 5.32 Å². The lowest BCUT2D eigenvalue weighted by Gasteiger charge is -2.07. The first-order chi connectivity index (χ1) is 4.72. The van der Waals surface area contributed by atoms with Crippen molar-refractivity contribution < 1.29 is 9.90 Å². The summed E-state index contributed by atoms with van der Waals surface area (Å²) in [5.41, 5.74) is 5.36. The minimum absolute atomic E-state index is 0.0395. The number of nitrogens with one attached hydrogen (secondary N) is 1. The van der Waals surface area contributed by atoms with E-state index in [0.29, 0.717) is 6.42 Å². The fourth-order valence-corrected chi connectivity index (χ4v) is 0.496. The van der Waals surface area contributed by atoms with Crippen LogP contribution in [0.2, 0.25) is 0 Å². The van der Waals surface area contributed by atoms with Crippen LogP contribution < -0.4 is 11.1 Å². The Morgan fingerprint density at radius 2 is 2.40 bits per heavy atom. The SMILES string of the molecule is CC[C@@H](N)C(=O)NCCO. The van der Waals surface area contributed by atoms with Gasteiger partial charge in [-0.25, -0.2) is 0 Å². The number of hydrogen-bond acceptors (Lipinski definition) is 3. The molecule has 0 aliphatic rings. The Labute approximate surface area is 60.4 Å². The van der Waals surface area contributed by atoms with E-state index in [1.165, 1.54) is 0 Å². The Morgan fingerprint density at radius 3 is 2.80 bits per heavy atom. The van der Waals surface area contributed by atoms with Crippen molar-refractivity contribution in [2.75, 3.05) is 13.2 Å². The van der Waals surface area contributed by atoms with Gasteiger partial charge in [0.25, 0.3) is 0 Å². The molecule has 0 rings (SSSR count). The molecule has 4 nitrogen and oxygen atoms in total. The predicted molar refractivity (Wildman–Crippen MR) is 38.4 cm³/mol. The number of rotatable bonds is 4. The normalized spacial score (nSPS) is 12.7. The average molecular weight is 146 g/mol. The van der Waals surface area contributed by atoms with Crippen molar-refractivity contribution in [3.8, 4) is 0 Å². The van der Waals surface area contributed by atoms with Gasteiger partial charge in [-0.1, -0.05) is 6.92 Å². The summed E-state index contributed by atoms with van der Waals surface area (Å²) in [5.74, 6) is -0.198. The van der Waals surface area contributed by atoms with Crippen LogP contribution in [0.3, 0.4) is 0 Å². The Balaban J connectivity index is 3.42. The first-order valence-corrected chi connectivity index (χ1v) is 3.36. The first kappa shape index (κ1) is 9.39. The van der Waals surface area contributed by atoms with Crippen LogP contribution in [-0.4, -0.2) is 30.2 Å². The minimum Gasteiger partial charge on any atom is -0.395 e. The molecule has 4 N–H and O–H groups in total. The van der Waals surface area contributed by atoms with E-state index < -0.39 is 6.04 Å². The van der Waals surface area contributed by atoms with E-state index in [4.69, 9.17) is 10.8 Å². The number of aliphatic hydroxyl groups is 1. The molecule has 0 unspecified atom stereocenters. The molecular weight excluding hydrogens is 132 g/mol. The van der Waals surface area contributed by atoms with Crippen LogP contribution in [0, 0.1) is 0 Å². The molecule has 0 bridgehead atoms. The van der Waals surface area contributed by atoms with Gasteiger partial charge in [-0.3, -0.25) is 4.79 Å². The van der Waals surface area contributed by atoms with Crippen molar-refractivity contribution in [3.63, 3.8) is 0 Å². The summed E-state index contributed by atoms with van der Waals surface area (Å²) in [7, 11) is 0. The van der Waals surface area contributed by atoms with Crippen molar-refractivity contribution in [2.24, 2.45) is 5.73 Å². The van der Waals surface area contributed by atoms with Crippen LogP contribution in [0.15, 0.2) is 0 Å². The Hall–Kier alpha value is -0.610. The van der Waals surface area contributed by atoms with Crippen molar-refractivity contribution in [3.05, 3.63) is 0 Å². The summed E-state index contributed by atoms with van der Waals surface area (Å²) < 4.78 is 0. The molecule has 0 aliphatic carbocycles. The molecule has 0 saturated carbocycles. The van der Waals surface area contributed by atoms with Gasteiger partial charge in [0.2, 0.25) is 5.91 Å². The molecule has 10 heavy (non-hydrogen) atoms. The molecule has 0 radical (unpaired) electrons. The fourth-order valence-electron chi connectivity index (χ4n) is 0.496. The van der Waals surface area contributed by atoms with Crippen molar-refractivity contribution >= 4 is 5.91 Å². The molecule has 0 saturated heterocycles. The monoisotopic (exact) mass is 146 g/mol. The molecule has 0 aliphatic heterocycles. The summed E-state index contributed by atoms with van der Waals surface area (Å²) in [6.07, 6.45) is 0.622. The maximum Gasteiger partial charge on any atom is 0.236 e. The lowest BCUT2D eigenvalue weighted by atomic mass is 10.2. The second kappa shape index (κ2) is 5.20. The number of hydrogen-bond donors (Lipinski definition) is 3. The van der Waals surface area contributed by atoms with Crippen molar-refractivity contribution in [1.29, 1.82) is 0 Å². The van der Waals surface area contributed by atoms with Gasteiger partial charge < -0.3 is 16.2 Å². The molecule has 1 amide bonds. The zero-order valence-electron chi connectivity index (χ0n) is 6.13. The summed E-state index contributed by atoms with van der Waals surface area (Å²) >= 11 is 0. The molecular formula is C6H14N2O2. The largest absolute Gasteiger partial charge is 0.395 e. The highest BCUT2D eigenvalue weighted by Gasteiger charge is 2.08. The molecule has 1 atom stereocenters. The van der Waals surface area contributed by atoms with Crippen LogP contribution >= 0.6 is 0 Å². The molecule has 0 heterocycles. The zero-order chi connectivity index (χ0) is 7.98. The second-order valence-electron chi connectivity index (χ2n) is 2.03. The van der Waals surface area contributed by atoms with Gasteiger partial charge in [0.05, 0.1) is 12.6 Å². The third-order valence-electron chi connectivity index (χ3n) is 1.19. The highest BCUT2D eigenvalue weighted by molar-refractivity contribution is 5.81. The van der Waals surface area contributed by atoms with E-state index in [1.807, 2.05) is 6.92 Å². The average Bonchev–Trinajstić information content (AvgIpc) is 1.98. The third-order valence-corrected chi connectivity index (χ3v) is 1.19. The van der Waals surface area contributed by atoms with Crippen LogP contribution in [0.1, 0.15) is 13.3 Å². The lowest BCUT2D eigenvalue weighted by molar-refractivity contribution is -0.122. The minimum atomic E-state index is -0.438. The van der Waals surface area contributed by atoms with Crippen LogP contribution in [0.25, 0.3) is 0 Å². The predicted octanol–water partition coefficient (Wildman–Crippen LogP) is -1.17. The van der Waals surface area contributed by atoms with Gasteiger partial charge in [-0.2, -0.15) is 0 Å². The van der Waals surface area contributed by atoms with Gasteiger partial charge in [-0.05, 0) is 6.42 Å². The smallest absolute Gasteiger partial charge is 0.236 e. The second-order valence-corrected chi connectivity index (χ2v) is 2.03. The topological polar surface area (TPSA) is 75.4 Å². The van der Waals surface area contributed by atoms with Gasteiger partial charge in [0.15, 0.2) is 0 Å². The van der Waals surface area contributed by atoms with Crippen LogP contribution in [-0.2, 0) is 4.79 Å². The molecule has 4 heteroatoms. The quantitative estimate of drug-likeness (QED) is 0.468. The lowest BCUT2D eigenvalue weighted by Crippen LogP contribution is -2.41. The standard InChI is InChI=1S/C6H14N2O2/c1-2-5(7)6(10)8-3-4-9/h5,9H,2-4,7H2,1H3,(H,8,10)/t5-/m1/s1. The van der Waals surface area contributed by atoms with E-state index in [1.54, 1.807) is 0 Å². The van der Waals surface area contributed by atoms with Gasteiger partial charge in [0, 0.05) is 6.54 Å². The van der Waals surface area contributed by atoms with E-state index in [-0.39, 0.29) is 19.1 Å². The van der Waals surface area contributed by atoms with Crippen molar-refractivity contribution in [1.82, 2.24) is 5.32 Å². The Bertz CT molecular complexity index is 106. The maximum absolute atomic E-state index is 10.8. The summed E-state index contributed by atoms with van der Waals surface area (Å²) in [6, 6.07) is -0.438. The Kier molecular flexibility index (Phi) is 4.88. The molecule has 60 valence electrons. The summed E-state index contributed by atoms with van der Waals surface area (Å²) in [4.78, 5) is 10.8. The highest BCUT2D eigenvalue weighted by atomic mass is 16.3. The van der Waals surface area contributed by atoms with Crippen molar-refractivity contribution in [2.45, 2.75) is 19.4 Å². The van der Waals surface area contributed by atoms with Crippen LogP contribution in [0.4, 0.5) is 0 Å². The molecule has 0 fully saturated rings. The molecule has 0 aromatic rings. The fraction of sp³-hybridized carbons (Fsp3) is 0.833. The highest BCUT2D eigenvalue weighted by Crippen LogP contribution is 1.83. The number of nitrogens with two attached hydrogens (primary N) is 1. The number of carbonyl (C=O) groups excluding carboxylic acids is 1. The number of amides is 1. The number of aliphatic hydroxyl groups excluding tert-OH is 1. The first-order valence-electron chi connectivity index (χ1n) is 3.36. The zero-order valence-corrected chi connectivity index (χ0v) is 6.13. The molecule has 0 aromatic heterocycles.